The molecular formula is C35H32BrN3O10S. The summed E-state index contributed by atoms with van der Waals surface area (Å²) in [7, 11) is 1.25. The summed E-state index contributed by atoms with van der Waals surface area (Å²) < 4.78 is 29.3. The first-order valence-corrected chi connectivity index (χ1v) is 17.1. The number of carbonyl (C=O) groups excluding carboxylic acids is 2. The van der Waals surface area contributed by atoms with E-state index in [0.717, 1.165) is 11.3 Å². The Labute approximate surface area is 298 Å². The number of benzene rings is 3. The van der Waals surface area contributed by atoms with Gasteiger partial charge in [0.1, 0.15) is 6.61 Å². The highest BCUT2D eigenvalue weighted by atomic mass is 79.9. The molecule has 0 unspecified atom stereocenters. The fraction of sp³-hybridized carbons (Fsp3) is 0.257. The molecule has 0 fully saturated rings. The summed E-state index contributed by atoms with van der Waals surface area (Å²) in [5.74, 6) is -0.159. The fourth-order valence-corrected chi connectivity index (χ4v) is 6.76. The Morgan fingerprint density at radius 1 is 0.980 bits per heavy atom. The topological polar surface area (TPSA) is 158 Å². The lowest BCUT2D eigenvalue weighted by Crippen LogP contribution is -2.39. The van der Waals surface area contributed by atoms with Gasteiger partial charge in [0, 0.05) is 12.3 Å². The lowest BCUT2D eigenvalue weighted by Gasteiger charge is -2.23. The minimum Gasteiger partial charge on any atom is -0.490 e. The molecule has 1 aliphatic rings. The van der Waals surface area contributed by atoms with Crippen LogP contribution in [0.1, 0.15) is 53.9 Å². The van der Waals surface area contributed by atoms with Gasteiger partial charge in [-0.1, -0.05) is 29.5 Å². The van der Waals surface area contributed by atoms with Crippen LogP contribution in [0.25, 0.3) is 6.08 Å². The van der Waals surface area contributed by atoms with E-state index in [0.29, 0.717) is 51.8 Å². The van der Waals surface area contributed by atoms with Crippen molar-refractivity contribution in [1.82, 2.24) is 4.57 Å². The molecule has 5 rings (SSSR count). The van der Waals surface area contributed by atoms with E-state index in [9.17, 15) is 24.5 Å². The molecule has 0 bridgehead atoms. The maximum absolute atomic E-state index is 14.0. The summed E-state index contributed by atoms with van der Waals surface area (Å²) in [4.78, 5) is 55.1. The molecule has 13 nitrogen and oxygen atoms in total. The zero-order chi connectivity index (χ0) is 35.9. The van der Waals surface area contributed by atoms with Crippen molar-refractivity contribution in [1.29, 1.82) is 0 Å². The van der Waals surface area contributed by atoms with Gasteiger partial charge in [0.05, 0.1) is 58.0 Å². The van der Waals surface area contributed by atoms with Crippen molar-refractivity contribution in [3.8, 4) is 17.2 Å². The predicted octanol–water partition coefficient (Wildman–Crippen LogP) is 5.24. The highest BCUT2D eigenvalue weighted by Gasteiger charge is 2.31. The number of aromatic nitrogens is 1. The van der Waals surface area contributed by atoms with Crippen LogP contribution in [0.2, 0.25) is 0 Å². The van der Waals surface area contributed by atoms with Crippen LogP contribution in [-0.2, 0) is 20.9 Å². The second-order valence-electron chi connectivity index (χ2n) is 10.6. The van der Waals surface area contributed by atoms with E-state index in [-0.39, 0.29) is 39.2 Å². The van der Waals surface area contributed by atoms with Crippen LogP contribution >= 0.6 is 27.3 Å². The van der Waals surface area contributed by atoms with Gasteiger partial charge in [0.15, 0.2) is 16.3 Å². The van der Waals surface area contributed by atoms with Crippen LogP contribution in [0.15, 0.2) is 80.6 Å². The third-order valence-corrected chi connectivity index (χ3v) is 8.98. The number of ether oxygens (including phenoxy) is 5. The molecule has 0 saturated heterocycles. The fourth-order valence-electron chi connectivity index (χ4n) is 5.21. The van der Waals surface area contributed by atoms with Gasteiger partial charge in [-0.3, -0.25) is 19.5 Å². The van der Waals surface area contributed by atoms with Gasteiger partial charge >= 0.3 is 17.6 Å². The van der Waals surface area contributed by atoms with Crippen molar-refractivity contribution >= 4 is 51.0 Å². The molecule has 0 saturated carbocycles. The van der Waals surface area contributed by atoms with Crippen LogP contribution < -0.4 is 29.1 Å². The molecule has 1 aromatic heterocycles. The van der Waals surface area contributed by atoms with Gasteiger partial charge in [0.25, 0.3) is 5.56 Å². The maximum atomic E-state index is 14.0. The van der Waals surface area contributed by atoms with E-state index in [2.05, 4.69) is 20.9 Å². The summed E-state index contributed by atoms with van der Waals surface area (Å²) in [6, 6.07) is 13.7. The first kappa shape index (κ1) is 36.0. The summed E-state index contributed by atoms with van der Waals surface area (Å²) in [6.07, 6.45) is 2.89. The Balaban J connectivity index is 1.52. The molecule has 0 aliphatic carbocycles. The molecule has 2 heterocycles. The maximum Gasteiger partial charge on any atom is 0.338 e. The van der Waals surface area contributed by atoms with Crippen LogP contribution in [0.3, 0.4) is 0 Å². The van der Waals surface area contributed by atoms with E-state index in [1.807, 2.05) is 13.8 Å². The lowest BCUT2D eigenvalue weighted by atomic mass is 9.97. The number of nitrogens with zero attached hydrogens (tertiary/aromatic N) is 3. The van der Waals surface area contributed by atoms with Crippen molar-refractivity contribution in [2.75, 3.05) is 26.9 Å². The number of hydrogen-bond donors (Lipinski definition) is 0. The standard InChI is InChI=1S/C35H32BrN3O10S/c1-5-46-27-13-12-23(17-28(27)47-6-2)30-24(34(42)45-4)18-37-35-38(30)32(40)29(50-35)16-21-14-25(36)31(26(15-21)39(43)44)49-19-20-8-10-22(11-9-20)33(41)48-7-3/h8-18,30H,5-7,19H2,1-4H3/b29-16+/t30-/m1/s1. The number of thiazole rings is 1. The Morgan fingerprint density at radius 2 is 1.70 bits per heavy atom. The van der Waals surface area contributed by atoms with Crippen molar-refractivity contribution in [2.24, 2.45) is 4.99 Å². The average molecular weight is 767 g/mol. The van der Waals surface area contributed by atoms with Gasteiger partial charge in [-0.05, 0) is 89.8 Å². The monoisotopic (exact) mass is 765 g/mol. The normalized spacial score (nSPS) is 13.8. The zero-order valence-corrected chi connectivity index (χ0v) is 29.9. The summed E-state index contributed by atoms with van der Waals surface area (Å²) >= 11 is 4.46. The first-order valence-electron chi connectivity index (χ1n) is 15.5. The number of fused-ring (bicyclic) bond motifs is 1. The van der Waals surface area contributed by atoms with Crippen molar-refractivity contribution in [2.45, 2.75) is 33.4 Å². The number of halogens is 1. The quantitative estimate of drug-likeness (QED) is 0.100. The molecule has 4 aromatic rings. The molecule has 50 heavy (non-hydrogen) atoms. The molecule has 15 heteroatoms. The summed E-state index contributed by atoms with van der Waals surface area (Å²) in [5.41, 5.74) is 1.30. The summed E-state index contributed by atoms with van der Waals surface area (Å²) in [6.45, 7) is 6.41. The van der Waals surface area contributed by atoms with Gasteiger partial charge in [0.2, 0.25) is 5.75 Å². The number of esters is 2. The SMILES string of the molecule is CCOC(=O)c1ccc(COc2c(Br)cc(/C=c3/sc4n(c3=O)[C@H](c3ccc(OCC)c(OCC)c3)C(C(=O)OC)=CN=4)cc2[N+](=O)[O-])cc1. The van der Waals surface area contributed by atoms with Crippen molar-refractivity contribution in [3.05, 3.63) is 123 Å². The molecule has 1 aliphatic heterocycles. The third kappa shape index (κ3) is 7.63. The highest BCUT2D eigenvalue weighted by molar-refractivity contribution is 9.10. The van der Waals surface area contributed by atoms with E-state index in [1.165, 1.54) is 30.0 Å². The minimum absolute atomic E-state index is 0.00796. The molecule has 260 valence electrons. The van der Waals surface area contributed by atoms with Gasteiger partial charge in [-0.25, -0.2) is 14.6 Å². The molecule has 0 spiro atoms. The van der Waals surface area contributed by atoms with Crippen LogP contribution in [0, 0.1) is 10.1 Å². The Hall–Kier alpha value is -5.28. The number of nitro benzene ring substituents is 1. The summed E-state index contributed by atoms with van der Waals surface area (Å²) in [5, 5.41) is 12.2. The molecule has 0 amide bonds. The molecule has 0 N–H and O–H groups in total. The Bertz CT molecular complexity index is 2160. The molecule has 1 atom stereocenters. The highest BCUT2D eigenvalue weighted by Crippen LogP contribution is 2.38. The van der Waals surface area contributed by atoms with Crippen LogP contribution in [-0.4, -0.2) is 48.4 Å². The number of methoxy groups -OCH3 is 1. The first-order chi connectivity index (χ1) is 24.1. The second kappa shape index (κ2) is 16.0. The average Bonchev–Trinajstić information content (AvgIpc) is 3.42. The van der Waals surface area contributed by atoms with E-state index in [1.54, 1.807) is 55.5 Å². The number of rotatable bonds is 13. The number of carbonyl (C=O) groups is 2. The number of nitro groups is 1. The van der Waals surface area contributed by atoms with Crippen LogP contribution in [0.5, 0.6) is 17.2 Å². The lowest BCUT2D eigenvalue weighted by molar-refractivity contribution is -0.386. The smallest absolute Gasteiger partial charge is 0.338 e. The molecule has 3 aromatic carbocycles. The second-order valence-corrected chi connectivity index (χ2v) is 12.4. The van der Waals surface area contributed by atoms with Crippen LogP contribution in [0.4, 0.5) is 5.69 Å². The van der Waals surface area contributed by atoms with Crippen molar-refractivity contribution < 1.29 is 38.2 Å². The van der Waals surface area contributed by atoms with Gasteiger partial charge in [-0.15, -0.1) is 0 Å². The van der Waals surface area contributed by atoms with E-state index < -0.39 is 28.5 Å². The predicted molar refractivity (Wildman–Crippen MR) is 187 cm³/mol. The minimum atomic E-state index is -0.904. The van der Waals surface area contributed by atoms with Gasteiger partial charge in [-0.2, -0.15) is 0 Å². The Kier molecular flexibility index (Phi) is 11.5. The molecule has 0 radical (unpaired) electrons. The van der Waals surface area contributed by atoms with E-state index >= 15 is 0 Å². The largest absolute Gasteiger partial charge is 0.490 e. The van der Waals surface area contributed by atoms with E-state index in [4.69, 9.17) is 23.7 Å². The third-order valence-electron chi connectivity index (χ3n) is 7.40. The zero-order valence-electron chi connectivity index (χ0n) is 27.5. The molecular weight excluding hydrogens is 734 g/mol. The number of hydrogen-bond acceptors (Lipinski definition) is 12. The van der Waals surface area contributed by atoms with Gasteiger partial charge < -0.3 is 23.7 Å². The van der Waals surface area contributed by atoms with Crippen molar-refractivity contribution in [3.63, 3.8) is 0 Å². The Morgan fingerprint density at radius 3 is 2.36 bits per heavy atom.